The molecular weight excluding hydrogens is 1090 g/mol. The van der Waals surface area contributed by atoms with Crippen LogP contribution in [0.4, 0.5) is 0 Å². The lowest BCUT2D eigenvalue weighted by molar-refractivity contribution is -0.376. The van der Waals surface area contributed by atoms with Gasteiger partial charge in [0.2, 0.25) is 11.8 Å². The van der Waals surface area contributed by atoms with Gasteiger partial charge in [-0.05, 0) is 0 Å². The molecule has 0 radical (unpaired) electrons. The molecule has 0 aromatic rings. The molecule has 5 saturated heterocycles. The number of ether oxygens (including phenoxy) is 10. The van der Waals surface area contributed by atoms with Crippen LogP contribution < -0.4 is 10.6 Å². The maximum atomic E-state index is 12.8. The number of aliphatic hydroxyl groups is 20. The summed E-state index contributed by atoms with van der Waals surface area (Å²) >= 11 is 0. The van der Waals surface area contributed by atoms with Gasteiger partial charge in [-0.15, -0.1) is 0 Å². The standard InChI is InChI=1S/C43H74N2O34/c1-11(51)44-21-13(53)3-43(42(68)69,79-36(21)24(58)15(55)5-47)71-10-20-26(60)30(64)32(66)40(75-20)77-35-18(8-50)73-38(22(28(35)62)45-12(2)52)70-9-19-27(61)37(78-39-31(65)29(63)25(59)17(7-49)72-39)33(67)41(74-19)76-34(16(56)6-48)23(57)14(54)4-46/h13-41,46-50,53-67H,3-10H2,1-2H3,(H,44,51)(H,45,52)(H,68,69)/t13-,14-,15+,16+,17+,18+,19+,20+,21+,22+,23+,24+,25-,26-,27-,28+,29-,30-,31+,32+,33+,34+,35+,36+,37-,38+,39-,40-,41-,43+/m0/s1. The topological polar surface area (TPSA) is 592 Å². The van der Waals surface area contributed by atoms with Crippen molar-refractivity contribution in [2.75, 3.05) is 46.2 Å². The van der Waals surface area contributed by atoms with E-state index in [1.54, 1.807) is 0 Å². The molecule has 5 heterocycles. The molecular formula is C43H74N2O34. The molecule has 0 unspecified atom stereocenters. The largest absolute Gasteiger partial charge is 0.477 e. The normalized spacial score (nSPS) is 43.4. The van der Waals surface area contributed by atoms with Crippen LogP contribution in [0.3, 0.4) is 0 Å². The van der Waals surface area contributed by atoms with Crippen molar-refractivity contribution in [3.8, 4) is 0 Å². The van der Waals surface area contributed by atoms with Gasteiger partial charge in [0, 0.05) is 20.3 Å². The Morgan fingerprint density at radius 2 is 1.04 bits per heavy atom. The number of nitrogens with one attached hydrogen (secondary N) is 2. The van der Waals surface area contributed by atoms with Gasteiger partial charge in [-0.3, -0.25) is 9.59 Å². The van der Waals surface area contributed by atoms with Crippen LogP contribution in [0, 0.1) is 0 Å². The Labute approximate surface area is 446 Å². The van der Waals surface area contributed by atoms with Gasteiger partial charge < -0.3 is 165 Å². The van der Waals surface area contributed by atoms with Crippen molar-refractivity contribution in [1.29, 1.82) is 0 Å². The molecule has 0 saturated carbocycles. The van der Waals surface area contributed by atoms with Crippen LogP contribution in [0.1, 0.15) is 20.3 Å². The fourth-order valence-corrected chi connectivity index (χ4v) is 9.40. The average molecular weight is 1160 g/mol. The van der Waals surface area contributed by atoms with E-state index in [4.69, 9.17) is 47.4 Å². The molecule has 5 rings (SSSR count). The van der Waals surface area contributed by atoms with Crippen LogP contribution in [0.2, 0.25) is 0 Å². The maximum Gasteiger partial charge on any atom is 0.364 e. The fraction of sp³-hybridized carbons (Fsp3) is 0.930. The number of hydrogen-bond donors (Lipinski definition) is 23. The van der Waals surface area contributed by atoms with E-state index in [9.17, 15) is 122 Å². The van der Waals surface area contributed by atoms with Crippen LogP contribution in [0.15, 0.2) is 0 Å². The quantitative estimate of drug-likeness (QED) is 0.0404. The zero-order valence-electron chi connectivity index (χ0n) is 42.1. The van der Waals surface area contributed by atoms with Crippen molar-refractivity contribution < 1.29 is 169 Å². The number of carboxylic acid groups (broad SMARTS) is 1. The van der Waals surface area contributed by atoms with E-state index in [1.807, 2.05) is 0 Å². The van der Waals surface area contributed by atoms with Crippen molar-refractivity contribution in [3.63, 3.8) is 0 Å². The van der Waals surface area contributed by atoms with Gasteiger partial charge in [0.1, 0.15) is 140 Å². The Morgan fingerprint density at radius 1 is 0.544 bits per heavy atom. The summed E-state index contributed by atoms with van der Waals surface area (Å²) in [5, 5.41) is 226. The highest BCUT2D eigenvalue weighted by Crippen LogP contribution is 2.37. The van der Waals surface area contributed by atoms with Gasteiger partial charge in [-0.2, -0.15) is 0 Å². The van der Waals surface area contributed by atoms with E-state index in [2.05, 4.69) is 10.6 Å². The summed E-state index contributed by atoms with van der Waals surface area (Å²) in [5.41, 5.74) is 0. The molecule has 2 amide bonds. The summed E-state index contributed by atoms with van der Waals surface area (Å²) in [6.45, 7) is -5.61. The van der Waals surface area contributed by atoms with E-state index in [0.717, 1.165) is 13.8 Å². The lowest BCUT2D eigenvalue weighted by Gasteiger charge is -2.49. The molecule has 30 atom stereocenters. The van der Waals surface area contributed by atoms with Crippen LogP contribution in [0.25, 0.3) is 0 Å². The molecule has 0 bridgehead atoms. The minimum Gasteiger partial charge on any atom is -0.477 e. The Kier molecular flexibility index (Phi) is 24.7. The second-order valence-corrected chi connectivity index (χ2v) is 19.5. The molecule has 0 spiro atoms. The Hall–Kier alpha value is -2.79. The van der Waals surface area contributed by atoms with E-state index < -0.39 is 254 Å². The molecule has 0 aromatic carbocycles. The lowest BCUT2D eigenvalue weighted by Crippen LogP contribution is -2.69. The Balaban J connectivity index is 1.38. The SMILES string of the molecule is CC(=O)N[C@H]1[C@H](OC[C@H]2O[C@@H](O[C@@H]([C@H](O)[C@@H](O)CO)[C@H](O)CO)[C@H](O)[C@@H](O[C@@H]3O[C@H](CO)[C@H](O)[C@H](O)[C@H]3O)[C@H]2O)O[C@H](CO)[C@@H](O[C@@H]2O[C@H](CO[C@]3(C(=O)O)C[C@H](O)[C@@H](NC(C)=O)[C@H]([C@H](O)[C@H](O)CO)O3)[C@H](O)[C@H](O)[C@H]2O)[C@@H]1O. The van der Waals surface area contributed by atoms with Crippen LogP contribution in [-0.2, 0) is 61.8 Å². The second-order valence-electron chi connectivity index (χ2n) is 19.5. The minimum absolute atomic E-state index is 0.795. The molecule has 36 heteroatoms. The first-order valence-electron chi connectivity index (χ1n) is 24.7. The van der Waals surface area contributed by atoms with Crippen molar-refractivity contribution >= 4 is 17.8 Å². The van der Waals surface area contributed by atoms with Crippen LogP contribution in [0.5, 0.6) is 0 Å². The first-order chi connectivity index (χ1) is 37.1. The highest BCUT2D eigenvalue weighted by Gasteiger charge is 2.59. The van der Waals surface area contributed by atoms with E-state index in [1.165, 1.54) is 0 Å². The third-order valence-corrected chi connectivity index (χ3v) is 13.8. The summed E-state index contributed by atoms with van der Waals surface area (Å²) in [7, 11) is 0. The first-order valence-corrected chi connectivity index (χ1v) is 24.7. The van der Waals surface area contributed by atoms with Gasteiger partial charge in [0.15, 0.2) is 25.2 Å². The molecule has 460 valence electrons. The molecule has 36 nitrogen and oxygen atoms in total. The molecule has 0 aliphatic carbocycles. The van der Waals surface area contributed by atoms with Gasteiger partial charge in [0.25, 0.3) is 5.79 Å². The number of carboxylic acids is 1. The molecule has 0 aromatic heterocycles. The van der Waals surface area contributed by atoms with E-state index in [-0.39, 0.29) is 0 Å². The summed E-state index contributed by atoms with van der Waals surface area (Å²) in [4.78, 5) is 37.3. The highest BCUT2D eigenvalue weighted by molar-refractivity contribution is 5.76. The number of carbonyl (C=O) groups excluding carboxylic acids is 2. The zero-order chi connectivity index (χ0) is 59.1. The average Bonchev–Trinajstić information content (AvgIpc) is 3.42. The monoisotopic (exact) mass is 1160 g/mol. The third-order valence-electron chi connectivity index (χ3n) is 13.8. The van der Waals surface area contributed by atoms with Crippen molar-refractivity contribution in [3.05, 3.63) is 0 Å². The van der Waals surface area contributed by atoms with Crippen LogP contribution >= 0.6 is 0 Å². The first kappa shape index (κ1) is 67.0. The van der Waals surface area contributed by atoms with Crippen molar-refractivity contribution in [2.45, 2.75) is 204 Å². The number of aliphatic carboxylic acids is 1. The molecule has 5 aliphatic rings. The zero-order valence-corrected chi connectivity index (χ0v) is 42.1. The van der Waals surface area contributed by atoms with Gasteiger partial charge in [0.05, 0.1) is 58.4 Å². The molecule has 5 fully saturated rings. The van der Waals surface area contributed by atoms with Gasteiger partial charge in [-0.1, -0.05) is 0 Å². The summed E-state index contributed by atoms with van der Waals surface area (Å²) in [6, 6.07) is -3.40. The van der Waals surface area contributed by atoms with E-state index >= 15 is 0 Å². The highest BCUT2D eigenvalue weighted by atomic mass is 16.8. The molecule has 23 N–H and O–H groups in total. The lowest BCUT2D eigenvalue weighted by atomic mass is 9.88. The Morgan fingerprint density at radius 3 is 1.57 bits per heavy atom. The van der Waals surface area contributed by atoms with Gasteiger partial charge >= 0.3 is 5.97 Å². The maximum absolute atomic E-state index is 12.8. The predicted octanol–water partition coefficient (Wildman–Crippen LogP) is -15.0. The molecule has 79 heavy (non-hydrogen) atoms. The van der Waals surface area contributed by atoms with Crippen molar-refractivity contribution in [2.24, 2.45) is 0 Å². The summed E-state index contributed by atoms with van der Waals surface area (Å²) in [5.74, 6) is -6.66. The number of amides is 2. The predicted molar refractivity (Wildman–Crippen MR) is 242 cm³/mol. The number of rotatable bonds is 25. The fourth-order valence-electron chi connectivity index (χ4n) is 9.40. The number of hydrogen-bond acceptors (Lipinski definition) is 33. The van der Waals surface area contributed by atoms with Gasteiger partial charge in [-0.25, -0.2) is 4.79 Å². The summed E-state index contributed by atoms with van der Waals surface area (Å²) < 4.78 is 56.5. The Bertz CT molecular complexity index is 1920. The van der Waals surface area contributed by atoms with Crippen LogP contribution in [-0.4, -0.2) is 355 Å². The second kappa shape index (κ2) is 29.1. The number of aliphatic hydroxyl groups excluding tert-OH is 20. The summed E-state index contributed by atoms with van der Waals surface area (Å²) in [6.07, 6.45) is -56.6. The van der Waals surface area contributed by atoms with E-state index in [0.29, 0.717) is 0 Å². The smallest absolute Gasteiger partial charge is 0.364 e. The minimum atomic E-state index is -2.99. The number of carbonyl (C=O) groups is 3. The van der Waals surface area contributed by atoms with Crippen molar-refractivity contribution in [1.82, 2.24) is 10.6 Å². The third kappa shape index (κ3) is 15.3. The molecule has 5 aliphatic heterocycles.